The van der Waals surface area contributed by atoms with Gasteiger partial charge in [0.1, 0.15) is 10.7 Å². The Labute approximate surface area is 177 Å². The highest BCUT2D eigenvalue weighted by Crippen LogP contribution is 2.38. The summed E-state index contributed by atoms with van der Waals surface area (Å²) in [5, 5.41) is 0. The van der Waals surface area contributed by atoms with Crippen LogP contribution in [0, 0.1) is 5.82 Å². The van der Waals surface area contributed by atoms with Crippen LogP contribution in [0.1, 0.15) is 24.8 Å². The minimum atomic E-state index is -4.67. The molecule has 1 aliphatic heterocycles. The van der Waals surface area contributed by atoms with Gasteiger partial charge >= 0.3 is 6.18 Å². The average molecular weight is 462 g/mol. The zero-order valence-corrected chi connectivity index (χ0v) is 17.7. The Morgan fingerprint density at radius 2 is 1.58 bits per heavy atom. The largest absolute Gasteiger partial charge is 0.493 e. The maximum absolute atomic E-state index is 14.5. The van der Waals surface area contributed by atoms with Crippen molar-refractivity contribution in [1.82, 2.24) is 0 Å². The molecule has 0 bridgehead atoms. The number of alkyl halides is 3. The van der Waals surface area contributed by atoms with Gasteiger partial charge in [-0.05, 0) is 37.5 Å². The third-order valence-electron chi connectivity index (χ3n) is 4.99. The molecule has 0 unspecified atom stereocenters. The van der Waals surface area contributed by atoms with Crippen LogP contribution >= 0.6 is 0 Å². The molecule has 0 aliphatic carbocycles. The first-order chi connectivity index (χ1) is 14.6. The summed E-state index contributed by atoms with van der Waals surface area (Å²) >= 11 is 0. The summed E-state index contributed by atoms with van der Waals surface area (Å²) in [6.45, 7) is 1.15. The van der Waals surface area contributed by atoms with E-state index < -0.39 is 32.5 Å². The molecular weight excluding hydrogens is 440 g/mol. The van der Waals surface area contributed by atoms with E-state index in [4.69, 9.17) is 9.47 Å². The average Bonchev–Trinajstić information content (AvgIpc) is 2.73. The van der Waals surface area contributed by atoms with Crippen molar-refractivity contribution in [2.45, 2.75) is 30.3 Å². The zero-order chi connectivity index (χ0) is 22.8. The molecule has 0 atom stereocenters. The van der Waals surface area contributed by atoms with E-state index in [1.54, 1.807) is 0 Å². The number of ether oxygens (including phenoxy) is 2. The van der Waals surface area contributed by atoms with Crippen LogP contribution in [0.25, 0.3) is 0 Å². The monoisotopic (exact) mass is 462 g/mol. The highest BCUT2D eigenvalue weighted by atomic mass is 32.2. The van der Waals surface area contributed by atoms with E-state index in [9.17, 15) is 26.0 Å². The van der Waals surface area contributed by atoms with Crippen LogP contribution < -0.4 is 19.1 Å². The molecule has 11 heteroatoms. The lowest BCUT2D eigenvalue weighted by Crippen LogP contribution is -2.30. The molecule has 0 spiro atoms. The lowest BCUT2D eigenvalue weighted by molar-refractivity contribution is -0.137. The Hall–Kier alpha value is -2.69. The van der Waals surface area contributed by atoms with E-state index in [-0.39, 0.29) is 17.2 Å². The van der Waals surface area contributed by atoms with E-state index in [0.29, 0.717) is 18.8 Å². The molecule has 1 fully saturated rings. The Bertz CT molecular complexity index is 1050. The van der Waals surface area contributed by atoms with Crippen LogP contribution in [0.3, 0.4) is 0 Å². The maximum atomic E-state index is 14.5. The van der Waals surface area contributed by atoms with Crippen molar-refractivity contribution in [1.29, 1.82) is 0 Å². The van der Waals surface area contributed by atoms with Crippen molar-refractivity contribution in [3.8, 4) is 11.5 Å². The molecule has 170 valence electrons. The van der Waals surface area contributed by atoms with Gasteiger partial charge in [0.25, 0.3) is 10.0 Å². The van der Waals surface area contributed by atoms with Crippen LogP contribution in [-0.2, 0) is 16.2 Å². The Kier molecular flexibility index (Phi) is 6.54. The summed E-state index contributed by atoms with van der Waals surface area (Å²) < 4.78 is 92.3. The minimum absolute atomic E-state index is 0.0213. The van der Waals surface area contributed by atoms with Crippen molar-refractivity contribution in [3.63, 3.8) is 0 Å². The lowest BCUT2D eigenvalue weighted by atomic mass is 10.1. The molecule has 1 aliphatic rings. The van der Waals surface area contributed by atoms with E-state index in [2.05, 4.69) is 4.72 Å². The van der Waals surface area contributed by atoms with Crippen LogP contribution in [0.2, 0.25) is 0 Å². The molecule has 1 N–H and O–H groups in total. The predicted molar refractivity (Wildman–Crippen MR) is 108 cm³/mol. The molecular formula is C20H22F4N2O4S. The number of nitrogens with one attached hydrogen (secondary N) is 1. The molecule has 0 aromatic heterocycles. The SMILES string of the molecule is COc1cc(F)c(S(=O)(=O)Nc2cc(C(F)(F)F)ccc2N2CCCCC2)cc1OC. The van der Waals surface area contributed by atoms with Gasteiger partial charge in [-0.2, -0.15) is 13.2 Å². The lowest BCUT2D eigenvalue weighted by Gasteiger charge is -2.31. The number of methoxy groups -OCH3 is 2. The topological polar surface area (TPSA) is 67.9 Å². The molecule has 1 heterocycles. The van der Waals surface area contributed by atoms with Crippen LogP contribution in [0.4, 0.5) is 28.9 Å². The van der Waals surface area contributed by atoms with Gasteiger partial charge in [0, 0.05) is 25.2 Å². The Morgan fingerprint density at radius 1 is 0.968 bits per heavy atom. The Balaban J connectivity index is 2.07. The highest BCUT2D eigenvalue weighted by Gasteiger charge is 2.33. The van der Waals surface area contributed by atoms with E-state index in [1.165, 1.54) is 20.3 Å². The number of rotatable bonds is 6. The molecule has 0 saturated carbocycles. The summed E-state index contributed by atoms with van der Waals surface area (Å²) in [4.78, 5) is 1.04. The third-order valence-corrected chi connectivity index (χ3v) is 6.37. The molecule has 6 nitrogen and oxygen atoms in total. The van der Waals surface area contributed by atoms with Crippen molar-refractivity contribution in [2.24, 2.45) is 0 Å². The van der Waals surface area contributed by atoms with Crippen molar-refractivity contribution in [3.05, 3.63) is 41.7 Å². The van der Waals surface area contributed by atoms with Crippen molar-refractivity contribution < 1.29 is 35.5 Å². The van der Waals surface area contributed by atoms with Crippen LogP contribution in [0.15, 0.2) is 35.2 Å². The van der Waals surface area contributed by atoms with Crippen molar-refractivity contribution in [2.75, 3.05) is 36.9 Å². The predicted octanol–water partition coefficient (Wildman–Crippen LogP) is 4.65. The number of halogens is 4. The summed E-state index contributed by atoms with van der Waals surface area (Å²) in [5.41, 5.74) is -0.984. The second kappa shape index (κ2) is 8.81. The van der Waals surface area contributed by atoms with Gasteiger partial charge in [0.05, 0.1) is 31.2 Å². The quantitative estimate of drug-likeness (QED) is 0.633. The number of nitrogens with zero attached hydrogens (tertiary/aromatic N) is 1. The first-order valence-corrected chi connectivity index (χ1v) is 11.0. The van der Waals surface area contributed by atoms with Gasteiger partial charge in [-0.3, -0.25) is 4.72 Å². The summed E-state index contributed by atoms with van der Waals surface area (Å²) in [7, 11) is -2.07. The molecule has 31 heavy (non-hydrogen) atoms. The van der Waals surface area contributed by atoms with Gasteiger partial charge < -0.3 is 14.4 Å². The van der Waals surface area contributed by atoms with Gasteiger partial charge in [0.15, 0.2) is 11.5 Å². The second-order valence-electron chi connectivity index (χ2n) is 7.02. The molecule has 2 aromatic rings. The number of benzene rings is 2. The molecule has 0 amide bonds. The van der Waals surface area contributed by atoms with Crippen LogP contribution in [-0.4, -0.2) is 35.7 Å². The van der Waals surface area contributed by atoms with E-state index in [0.717, 1.165) is 43.5 Å². The van der Waals surface area contributed by atoms with Gasteiger partial charge in [0.2, 0.25) is 0 Å². The fraction of sp³-hybridized carbons (Fsp3) is 0.400. The fourth-order valence-electron chi connectivity index (χ4n) is 3.45. The van der Waals surface area contributed by atoms with E-state index >= 15 is 0 Å². The molecule has 1 saturated heterocycles. The molecule has 2 aromatic carbocycles. The molecule has 0 radical (unpaired) electrons. The fourth-order valence-corrected chi connectivity index (χ4v) is 4.59. The first-order valence-electron chi connectivity index (χ1n) is 9.47. The number of piperidine rings is 1. The van der Waals surface area contributed by atoms with Gasteiger partial charge in [-0.1, -0.05) is 0 Å². The standard InChI is InChI=1S/C20H22F4N2O4S/c1-29-17-11-14(21)19(12-18(17)30-2)31(27,28)25-15-10-13(20(22,23)24)6-7-16(15)26-8-4-3-5-9-26/h6-7,10-12,25H,3-5,8-9H2,1-2H3. The van der Waals surface area contributed by atoms with Gasteiger partial charge in [-0.25, -0.2) is 12.8 Å². The summed E-state index contributed by atoms with van der Waals surface area (Å²) in [6.07, 6.45) is -2.03. The maximum Gasteiger partial charge on any atom is 0.416 e. The van der Waals surface area contributed by atoms with E-state index in [1.807, 2.05) is 4.90 Å². The number of sulfonamides is 1. The summed E-state index contributed by atoms with van der Waals surface area (Å²) in [5.74, 6) is -1.19. The first kappa shape index (κ1) is 23.0. The minimum Gasteiger partial charge on any atom is -0.493 e. The Morgan fingerprint density at radius 3 is 2.16 bits per heavy atom. The normalized spacial score (nSPS) is 15.0. The van der Waals surface area contributed by atoms with Gasteiger partial charge in [-0.15, -0.1) is 0 Å². The van der Waals surface area contributed by atoms with Crippen molar-refractivity contribution >= 4 is 21.4 Å². The van der Waals surface area contributed by atoms with Crippen LogP contribution in [0.5, 0.6) is 11.5 Å². The zero-order valence-electron chi connectivity index (χ0n) is 16.9. The highest BCUT2D eigenvalue weighted by molar-refractivity contribution is 7.92. The number of anilines is 2. The summed E-state index contributed by atoms with van der Waals surface area (Å²) in [6, 6.07) is 4.62. The number of hydrogen-bond donors (Lipinski definition) is 1. The molecule has 3 rings (SSSR count). The smallest absolute Gasteiger partial charge is 0.416 e. The number of hydrogen-bond acceptors (Lipinski definition) is 5. The second-order valence-corrected chi connectivity index (χ2v) is 8.67. The third kappa shape index (κ3) is 4.97.